The number of benzene rings is 2. The Bertz CT molecular complexity index is 1460. The average molecular weight is 557 g/mol. The topological polar surface area (TPSA) is 75.8 Å². The lowest BCUT2D eigenvalue weighted by atomic mass is 9.85. The van der Waals surface area contributed by atoms with E-state index in [2.05, 4.69) is 40.1 Å². The minimum atomic E-state index is -0.855. The monoisotopic (exact) mass is 556 g/mol. The molecular formula is C31H33ClN6O2. The number of piperidine rings is 1. The number of urea groups is 1. The van der Waals surface area contributed by atoms with Gasteiger partial charge in [-0.15, -0.1) is 0 Å². The van der Waals surface area contributed by atoms with Crippen molar-refractivity contribution in [3.05, 3.63) is 77.1 Å². The SMILES string of the molecule is CCN1C(=O)N(c2ccc(-n3ccc(C#N)c3)cc2Cl)C(=O)C12CCN(Cc1ccc(N3CCCC3)cc1)CC2. The minimum Gasteiger partial charge on any atom is -0.372 e. The van der Waals surface area contributed by atoms with Crippen LogP contribution in [0.1, 0.15) is 43.7 Å². The van der Waals surface area contributed by atoms with Crippen LogP contribution in [-0.4, -0.2) is 64.6 Å². The molecule has 3 aliphatic heterocycles. The Morgan fingerprint density at radius 1 is 0.950 bits per heavy atom. The lowest BCUT2D eigenvalue weighted by Crippen LogP contribution is -2.56. The summed E-state index contributed by atoms with van der Waals surface area (Å²) < 4.78 is 1.79. The summed E-state index contributed by atoms with van der Waals surface area (Å²) >= 11 is 6.66. The lowest BCUT2D eigenvalue weighted by Gasteiger charge is -2.41. The molecule has 8 nitrogen and oxygen atoms in total. The number of likely N-dealkylation sites (tertiary alicyclic amines) is 1. The zero-order valence-corrected chi connectivity index (χ0v) is 23.5. The molecule has 0 unspecified atom stereocenters. The Balaban J connectivity index is 1.16. The number of aromatic nitrogens is 1. The number of hydrogen-bond donors (Lipinski definition) is 0. The molecule has 9 heteroatoms. The molecule has 3 aliphatic rings. The van der Waals surface area contributed by atoms with E-state index in [1.165, 1.54) is 29.0 Å². The van der Waals surface area contributed by atoms with E-state index in [1.54, 1.807) is 40.1 Å². The predicted octanol–water partition coefficient (Wildman–Crippen LogP) is 5.43. The Labute approximate surface area is 239 Å². The summed E-state index contributed by atoms with van der Waals surface area (Å²) in [5, 5.41) is 9.44. The molecule has 0 saturated carbocycles. The number of hydrogen-bond acceptors (Lipinski definition) is 5. The molecule has 1 spiro atoms. The second-order valence-electron chi connectivity index (χ2n) is 10.9. The first-order chi connectivity index (χ1) is 19.4. The zero-order valence-electron chi connectivity index (χ0n) is 22.7. The highest BCUT2D eigenvalue weighted by molar-refractivity contribution is 6.36. The van der Waals surface area contributed by atoms with Crippen molar-refractivity contribution in [2.75, 3.05) is 42.5 Å². The number of nitrogens with zero attached hydrogens (tertiary/aromatic N) is 6. The fourth-order valence-corrected chi connectivity index (χ4v) is 6.70. The fraction of sp³-hybridized carbons (Fsp3) is 0.387. The van der Waals surface area contributed by atoms with Gasteiger partial charge in [-0.3, -0.25) is 9.69 Å². The van der Waals surface area contributed by atoms with E-state index in [4.69, 9.17) is 16.9 Å². The number of likely N-dealkylation sites (N-methyl/N-ethyl adjacent to an activating group) is 1. The van der Waals surface area contributed by atoms with Crippen molar-refractivity contribution in [1.29, 1.82) is 5.26 Å². The van der Waals surface area contributed by atoms with Crippen molar-refractivity contribution < 1.29 is 9.59 Å². The summed E-state index contributed by atoms with van der Waals surface area (Å²) in [7, 11) is 0. The molecule has 2 aromatic carbocycles. The van der Waals surface area contributed by atoms with Crippen molar-refractivity contribution in [1.82, 2.24) is 14.4 Å². The Morgan fingerprint density at radius 3 is 2.27 bits per heavy atom. The van der Waals surface area contributed by atoms with Gasteiger partial charge in [0.2, 0.25) is 0 Å². The van der Waals surface area contributed by atoms with Crippen LogP contribution in [-0.2, 0) is 11.3 Å². The number of rotatable bonds is 6. The van der Waals surface area contributed by atoms with Gasteiger partial charge in [0.05, 0.1) is 16.3 Å². The van der Waals surface area contributed by atoms with Crippen LogP contribution in [0, 0.1) is 11.3 Å². The molecule has 40 heavy (non-hydrogen) atoms. The number of anilines is 2. The highest BCUT2D eigenvalue weighted by atomic mass is 35.5. The van der Waals surface area contributed by atoms with Crippen LogP contribution in [0.5, 0.6) is 0 Å². The third-order valence-electron chi connectivity index (χ3n) is 8.65. The molecule has 6 rings (SSSR count). The van der Waals surface area contributed by atoms with Crippen molar-refractivity contribution in [2.24, 2.45) is 0 Å². The number of carbonyl (C=O) groups is 2. The van der Waals surface area contributed by atoms with Gasteiger partial charge in [0.15, 0.2) is 0 Å². The van der Waals surface area contributed by atoms with E-state index in [0.29, 0.717) is 35.7 Å². The van der Waals surface area contributed by atoms with Crippen LogP contribution in [0.4, 0.5) is 16.2 Å². The normalized spacial score (nSPS) is 19.2. The van der Waals surface area contributed by atoms with Crippen LogP contribution in [0.25, 0.3) is 5.69 Å². The van der Waals surface area contributed by atoms with Crippen LogP contribution in [0.2, 0.25) is 5.02 Å². The van der Waals surface area contributed by atoms with Gasteiger partial charge >= 0.3 is 6.03 Å². The van der Waals surface area contributed by atoms with E-state index in [1.807, 2.05) is 13.0 Å². The quantitative estimate of drug-likeness (QED) is 0.379. The highest BCUT2D eigenvalue weighted by Crippen LogP contribution is 2.42. The van der Waals surface area contributed by atoms with Gasteiger partial charge in [-0.05, 0) is 74.6 Å². The summed E-state index contributed by atoms with van der Waals surface area (Å²) in [6.07, 6.45) is 7.19. The summed E-state index contributed by atoms with van der Waals surface area (Å²) in [5.74, 6) is -0.198. The number of imide groups is 1. The molecule has 1 aromatic heterocycles. The molecule has 3 aromatic rings. The number of halogens is 1. The molecule has 0 N–H and O–H groups in total. The molecule has 0 radical (unpaired) electrons. The van der Waals surface area contributed by atoms with Gasteiger partial charge in [0.1, 0.15) is 11.6 Å². The van der Waals surface area contributed by atoms with E-state index in [-0.39, 0.29) is 11.9 Å². The van der Waals surface area contributed by atoms with Crippen LogP contribution < -0.4 is 9.80 Å². The van der Waals surface area contributed by atoms with Crippen molar-refractivity contribution in [3.8, 4) is 11.8 Å². The molecule has 4 heterocycles. The second kappa shape index (κ2) is 10.6. The first kappa shape index (κ1) is 26.4. The lowest BCUT2D eigenvalue weighted by molar-refractivity contribution is -0.127. The zero-order chi connectivity index (χ0) is 27.9. The Morgan fingerprint density at radius 2 is 1.65 bits per heavy atom. The summed E-state index contributed by atoms with van der Waals surface area (Å²) in [6, 6.07) is 17.6. The molecule has 3 fully saturated rings. The molecule has 3 saturated heterocycles. The second-order valence-corrected chi connectivity index (χ2v) is 11.3. The van der Waals surface area contributed by atoms with Crippen molar-refractivity contribution in [3.63, 3.8) is 0 Å². The minimum absolute atomic E-state index is 0.198. The summed E-state index contributed by atoms with van der Waals surface area (Å²) in [5.41, 5.74) is 3.38. The third-order valence-corrected chi connectivity index (χ3v) is 8.95. The first-order valence-electron chi connectivity index (χ1n) is 14.0. The average Bonchev–Trinajstić information content (AvgIpc) is 3.72. The van der Waals surface area contributed by atoms with E-state index in [0.717, 1.165) is 38.4 Å². The van der Waals surface area contributed by atoms with Gasteiger partial charge < -0.3 is 14.4 Å². The van der Waals surface area contributed by atoms with Crippen molar-refractivity contribution >= 4 is 34.9 Å². The summed E-state index contributed by atoms with van der Waals surface area (Å²) in [4.78, 5) is 35.4. The number of amides is 3. The van der Waals surface area contributed by atoms with Gasteiger partial charge in [-0.2, -0.15) is 5.26 Å². The first-order valence-corrected chi connectivity index (χ1v) is 14.4. The molecular weight excluding hydrogens is 524 g/mol. The van der Waals surface area contributed by atoms with E-state index < -0.39 is 5.54 Å². The molecule has 3 amide bonds. The van der Waals surface area contributed by atoms with Crippen LogP contribution in [0.15, 0.2) is 60.9 Å². The van der Waals surface area contributed by atoms with Crippen LogP contribution >= 0.6 is 11.6 Å². The maximum absolute atomic E-state index is 14.0. The largest absolute Gasteiger partial charge is 0.372 e. The summed E-state index contributed by atoms with van der Waals surface area (Å²) in [6.45, 7) is 6.95. The van der Waals surface area contributed by atoms with Gasteiger partial charge in [0, 0.05) is 63.0 Å². The smallest absolute Gasteiger partial charge is 0.332 e. The van der Waals surface area contributed by atoms with Gasteiger partial charge in [0.25, 0.3) is 5.91 Å². The van der Waals surface area contributed by atoms with Gasteiger partial charge in [-0.25, -0.2) is 9.69 Å². The maximum atomic E-state index is 14.0. The Hall–Kier alpha value is -3.80. The van der Waals surface area contributed by atoms with E-state index in [9.17, 15) is 9.59 Å². The molecule has 0 atom stereocenters. The third kappa shape index (κ3) is 4.53. The van der Waals surface area contributed by atoms with Crippen molar-refractivity contribution in [2.45, 2.75) is 44.7 Å². The van der Waals surface area contributed by atoms with Crippen LogP contribution in [0.3, 0.4) is 0 Å². The number of carbonyl (C=O) groups excluding carboxylic acids is 2. The molecule has 206 valence electrons. The Kier molecular flexibility index (Phi) is 7.03. The predicted molar refractivity (Wildman–Crippen MR) is 156 cm³/mol. The standard InChI is InChI=1S/C31H33ClN6O2/c1-2-37-30(40)38(28-10-9-26(19-27(28)32)36-16-11-24(20-33)22-36)29(39)31(37)12-17-34(18-13-31)21-23-5-7-25(8-6-23)35-14-3-4-15-35/h5-11,16,19,22H,2-4,12-15,17-18,21H2,1H3. The molecule has 0 bridgehead atoms. The van der Waals surface area contributed by atoms with Gasteiger partial charge in [-0.1, -0.05) is 23.7 Å². The molecule has 0 aliphatic carbocycles. The highest BCUT2D eigenvalue weighted by Gasteiger charge is 2.58. The maximum Gasteiger partial charge on any atom is 0.332 e. The van der Waals surface area contributed by atoms with E-state index >= 15 is 0 Å². The fourth-order valence-electron chi connectivity index (χ4n) is 6.44. The number of nitriles is 1.